The van der Waals surface area contributed by atoms with E-state index in [0.29, 0.717) is 0 Å². The first-order chi connectivity index (χ1) is 12.5. The minimum Gasteiger partial charge on any atom is -0.440 e. The molecule has 0 saturated heterocycles. The molecule has 4 aromatic rings. The molecule has 0 fully saturated rings. The Morgan fingerprint density at radius 2 is 1.85 bits per heavy atom. The molecule has 4 rings (SSSR count). The van der Waals surface area contributed by atoms with E-state index >= 15 is 0 Å². The van der Waals surface area contributed by atoms with Crippen LogP contribution in [0.4, 0.5) is 11.4 Å². The molecule has 0 aliphatic rings. The molecule has 0 saturated carbocycles. The molecule has 3 aromatic heterocycles. The van der Waals surface area contributed by atoms with Crippen LogP contribution < -0.4 is 5.32 Å². The molecule has 0 aliphatic heterocycles. The SMILES string of the molecule is Cc1nc2c(Nc3ccc(-c4cnc(C(C)C)o4)cc3)cccn2c1C. The second-order valence-electron chi connectivity index (χ2n) is 6.82. The van der Waals surface area contributed by atoms with Gasteiger partial charge < -0.3 is 14.1 Å². The maximum absolute atomic E-state index is 5.82. The Balaban J connectivity index is 1.61. The van der Waals surface area contributed by atoms with E-state index < -0.39 is 0 Å². The van der Waals surface area contributed by atoms with Crippen molar-refractivity contribution in [3.05, 3.63) is 66.1 Å². The van der Waals surface area contributed by atoms with Gasteiger partial charge in [-0.2, -0.15) is 0 Å². The summed E-state index contributed by atoms with van der Waals surface area (Å²) in [5.41, 5.74) is 6.14. The summed E-state index contributed by atoms with van der Waals surface area (Å²) in [5.74, 6) is 1.84. The summed E-state index contributed by atoms with van der Waals surface area (Å²) in [6, 6.07) is 12.2. The van der Waals surface area contributed by atoms with Crippen molar-refractivity contribution in [2.45, 2.75) is 33.6 Å². The van der Waals surface area contributed by atoms with Crippen LogP contribution >= 0.6 is 0 Å². The van der Waals surface area contributed by atoms with Gasteiger partial charge in [-0.3, -0.25) is 0 Å². The number of rotatable bonds is 4. The summed E-state index contributed by atoms with van der Waals surface area (Å²) < 4.78 is 7.92. The number of hydrogen-bond acceptors (Lipinski definition) is 4. The highest BCUT2D eigenvalue weighted by molar-refractivity contribution is 5.75. The summed E-state index contributed by atoms with van der Waals surface area (Å²) in [4.78, 5) is 9.00. The largest absolute Gasteiger partial charge is 0.440 e. The van der Waals surface area contributed by atoms with Crippen LogP contribution in [0.3, 0.4) is 0 Å². The Bertz CT molecular complexity index is 1060. The van der Waals surface area contributed by atoms with Crippen molar-refractivity contribution in [2.24, 2.45) is 0 Å². The second kappa shape index (κ2) is 6.33. The zero-order valence-corrected chi connectivity index (χ0v) is 15.4. The van der Waals surface area contributed by atoms with Gasteiger partial charge in [0.25, 0.3) is 0 Å². The standard InChI is InChI=1S/C21H22N4O/c1-13(2)21-22-12-19(26-21)16-7-9-17(10-8-16)24-18-6-5-11-25-15(4)14(3)23-20(18)25/h5-13,24H,1-4H3. The number of nitrogens with zero attached hydrogens (tertiary/aromatic N) is 3. The molecule has 0 radical (unpaired) electrons. The molecule has 132 valence electrons. The fourth-order valence-corrected chi connectivity index (χ4v) is 2.96. The summed E-state index contributed by atoms with van der Waals surface area (Å²) in [5, 5.41) is 3.46. The first-order valence-corrected chi connectivity index (χ1v) is 8.80. The predicted molar refractivity (Wildman–Crippen MR) is 104 cm³/mol. The van der Waals surface area contributed by atoms with Gasteiger partial charge in [0.1, 0.15) is 0 Å². The molecule has 0 spiro atoms. The van der Waals surface area contributed by atoms with Gasteiger partial charge in [-0.05, 0) is 50.2 Å². The van der Waals surface area contributed by atoms with Crippen LogP contribution in [0.25, 0.3) is 17.0 Å². The Labute approximate surface area is 152 Å². The average molecular weight is 346 g/mol. The number of oxazole rings is 1. The van der Waals surface area contributed by atoms with Crippen molar-refractivity contribution in [1.82, 2.24) is 14.4 Å². The van der Waals surface area contributed by atoms with Crippen LogP contribution in [-0.2, 0) is 0 Å². The fourth-order valence-electron chi connectivity index (χ4n) is 2.96. The van der Waals surface area contributed by atoms with Gasteiger partial charge in [0.2, 0.25) is 0 Å². The quantitative estimate of drug-likeness (QED) is 0.532. The highest BCUT2D eigenvalue weighted by Gasteiger charge is 2.11. The van der Waals surface area contributed by atoms with Crippen molar-refractivity contribution in [1.29, 1.82) is 0 Å². The van der Waals surface area contributed by atoms with Crippen LogP contribution in [0.1, 0.15) is 37.0 Å². The lowest BCUT2D eigenvalue weighted by Crippen LogP contribution is -1.95. The lowest BCUT2D eigenvalue weighted by atomic mass is 10.1. The van der Waals surface area contributed by atoms with Gasteiger partial charge in [0.05, 0.1) is 17.6 Å². The summed E-state index contributed by atoms with van der Waals surface area (Å²) in [7, 11) is 0. The van der Waals surface area contributed by atoms with Crippen LogP contribution in [0.2, 0.25) is 0 Å². The summed E-state index contributed by atoms with van der Waals surface area (Å²) in [6.07, 6.45) is 3.82. The third kappa shape index (κ3) is 2.86. The van der Waals surface area contributed by atoms with Gasteiger partial charge >= 0.3 is 0 Å². The molecule has 1 aromatic carbocycles. The molecule has 26 heavy (non-hydrogen) atoms. The van der Waals surface area contributed by atoms with E-state index in [4.69, 9.17) is 4.42 Å². The fraction of sp³-hybridized carbons (Fsp3) is 0.238. The summed E-state index contributed by atoms with van der Waals surface area (Å²) in [6.45, 7) is 8.25. The van der Waals surface area contributed by atoms with E-state index in [2.05, 4.69) is 40.5 Å². The average Bonchev–Trinajstić information content (AvgIpc) is 3.23. The number of fused-ring (bicyclic) bond motifs is 1. The molecule has 1 N–H and O–H groups in total. The number of benzene rings is 1. The molecule has 0 bridgehead atoms. The van der Waals surface area contributed by atoms with Gasteiger partial charge in [0.15, 0.2) is 17.3 Å². The molecular formula is C21H22N4O. The summed E-state index contributed by atoms with van der Waals surface area (Å²) >= 11 is 0. The van der Waals surface area contributed by atoms with E-state index in [1.807, 2.05) is 49.5 Å². The van der Waals surface area contributed by atoms with Crippen LogP contribution in [-0.4, -0.2) is 14.4 Å². The molecular weight excluding hydrogens is 324 g/mol. The maximum Gasteiger partial charge on any atom is 0.197 e. The van der Waals surface area contributed by atoms with Crippen LogP contribution in [0, 0.1) is 13.8 Å². The number of aromatic nitrogens is 3. The van der Waals surface area contributed by atoms with E-state index in [1.165, 1.54) is 0 Å². The topological polar surface area (TPSA) is 55.4 Å². The van der Waals surface area contributed by atoms with E-state index in [0.717, 1.165) is 45.6 Å². The van der Waals surface area contributed by atoms with E-state index in [-0.39, 0.29) is 5.92 Å². The van der Waals surface area contributed by atoms with E-state index in [1.54, 1.807) is 6.20 Å². The van der Waals surface area contributed by atoms with Crippen molar-refractivity contribution < 1.29 is 4.42 Å². The number of anilines is 2. The normalized spacial score (nSPS) is 11.4. The zero-order chi connectivity index (χ0) is 18.3. The molecule has 0 unspecified atom stereocenters. The predicted octanol–water partition coefficient (Wildman–Crippen LogP) is 5.47. The third-order valence-electron chi connectivity index (χ3n) is 4.59. The van der Waals surface area contributed by atoms with Crippen LogP contribution in [0.15, 0.2) is 53.2 Å². The Morgan fingerprint density at radius 1 is 1.08 bits per heavy atom. The van der Waals surface area contributed by atoms with Gasteiger partial charge in [0, 0.05) is 29.1 Å². The van der Waals surface area contributed by atoms with E-state index in [9.17, 15) is 0 Å². The first-order valence-electron chi connectivity index (χ1n) is 8.80. The van der Waals surface area contributed by atoms with Gasteiger partial charge in [-0.25, -0.2) is 9.97 Å². The highest BCUT2D eigenvalue weighted by atomic mass is 16.4. The first kappa shape index (κ1) is 16.4. The van der Waals surface area contributed by atoms with Crippen molar-refractivity contribution in [2.75, 3.05) is 5.32 Å². The van der Waals surface area contributed by atoms with Gasteiger partial charge in [-0.1, -0.05) is 13.8 Å². The van der Waals surface area contributed by atoms with Crippen LogP contribution in [0.5, 0.6) is 0 Å². The molecule has 0 aliphatic carbocycles. The lowest BCUT2D eigenvalue weighted by Gasteiger charge is -2.08. The molecule has 0 atom stereocenters. The number of hydrogen-bond donors (Lipinski definition) is 1. The van der Waals surface area contributed by atoms with Crippen molar-refractivity contribution >= 4 is 17.0 Å². The Hall–Kier alpha value is -3.08. The number of pyridine rings is 1. The molecule has 5 heteroatoms. The molecule has 3 heterocycles. The van der Waals surface area contributed by atoms with Crippen molar-refractivity contribution in [3.8, 4) is 11.3 Å². The maximum atomic E-state index is 5.82. The number of imidazole rings is 1. The molecule has 0 amide bonds. The Morgan fingerprint density at radius 3 is 2.54 bits per heavy atom. The van der Waals surface area contributed by atoms with Crippen molar-refractivity contribution in [3.63, 3.8) is 0 Å². The van der Waals surface area contributed by atoms with Gasteiger partial charge in [-0.15, -0.1) is 0 Å². The smallest absolute Gasteiger partial charge is 0.197 e. The molecule has 5 nitrogen and oxygen atoms in total. The lowest BCUT2D eigenvalue weighted by molar-refractivity contribution is 0.481. The zero-order valence-electron chi connectivity index (χ0n) is 15.4. The Kier molecular flexibility index (Phi) is 3.99. The third-order valence-corrected chi connectivity index (χ3v) is 4.59. The number of aryl methyl sites for hydroxylation is 2. The minimum absolute atomic E-state index is 0.284. The second-order valence-corrected chi connectivity index (χ2v) is 6.82. The number of nitrogens with one attached hydrogen (secondary N) is 1. The minimum atomic E-state index is 0.284. The monoisotopic (exact) mass is 346 g/mol. The highest BCUT2D eigenvalue weighted by Crippen LogP contribution is 2.27.